The van der Waals surface area contributed by atoms with E-state index in [0.717, 1.165) is 23.2 Å². The Hall–Kier alpha value is -3.47. The summed E-state index contributed by atoms with van der Waals surface area (Å²) in [7, 11) is 3.60. The molecule has 1 aliphatic heterocycles. The van der Waals surface area contributed by atoms with Crippen LogP contribution in [0, 0.1) is 5.82 Å². The van der Waals surface area contributed by atoms with Gasteiger partial charge in [0.05, 0.1) is 5.02 Å². The third-order valence-corrected chi connectivity index (χ3v) is 6.02. The second kappa shape index (κ2) is 8.08. The number of nitrogens with zero attached hydrogens (tertiary/aromatic N) is 6. The van der Waals surface area contributed by atoms with E-state index in [4.69, 9.17) is 11.6 Å². The molecule has 0 amide bonds. The molecule has 1 unspecified atom stereocenters. The van der Waals surface area contributed by atoms with Crippen LogP contribution in [0.25, 0.3) is 10.9 Å². The van der Waals surface area contributed by atoms with Crippen LogP contribution in [0.3, 0.4) is 0 Å². The van der Waals surface area contributed by atoms with Crippen LogP contribution in [0.15, 0.2) is 36.8 Å². The van der Waals surface area contributed by atoms with Crippen molar-refractivity contribution in [3.63, 3.8) is 0 Å². The molecule has 5 rings (SSSR count). The fourth-order valence-electron chi connectivity index (χ4n) is 4.20. The number of halogens is 5. The van der Waals surface area contributed by atoms with Crippen molar-refractivity contribution < 1.29 is 17.6 Å². The van der Waals surface area contributed by atoms with Gasteiger partial charge in [0, 0.05) is 61.4 Å². The summed E-state index contributed by atoms with van der Waals surface area (Å²) in [5, 5.41) is 0.745. The molecular weight excluding hydrogens is 474 g/mol. The lowest BCUT2D eigenvalue weighted by Crippen LogP contribution is -2.37. The van der Waals surface area contributed by atoms with Gasteiger partial charge in [-0.3, -0.25) is 0 Å². The summed E-state index contributed by atoms with van der Waals surface area (Å²) in [6.45, 7) is 0.316. The van der Waals surface area contributed by atoms with Crippen LogP contribution in [0.1, 0.15) is 28.6 Å². The Morgan fingerprint density at radius 3 is 2.56 bits per heavy atom. The summed E-state index contributed by atoms with van der Waals surface area (Å²) < 4.78 is 54.2. The highest BCUT2D eigenvalue weighted by Gasteiger charge is 2.37. The number of benzene rings is 1. The van der Waals surface area contributed by atoms with Gasteiger partial charge in [0.1, 0.15) is 17.6 Å². The van der Waals surface area contributed by atoms with Crippen molar-refractivity contribution in [3.05, 3.63) is 70.1 Å². The highest BCUT2D eigenvalue weighted by molar-refractivity contribution is 6.31. The Balaban J connectivity index is 1.69. The lowest BCUT2D eigenvalue weighted by Gasteiger charge is -2.36. The molecule has 176 valence electrons. The Morgan fingerprint density at radius 1 is 1.15 bits per heavy atom. The maximum atomic E-state index is 14.1. The lowest BCUT2D eigenvalue weighted by atomic mass is 9.94. The Labute approximate surface area is 196 Å². The first-order valence-corrected chi connectivity index (χ1v) is 10.7. The summed E-state index contributed by atoms with van der Waals surface area (Å²) in [6.07, 6.45) is 0.164. The van der Waals surface area contributed by atoms with Gasteiger partial charge in [-0.2, -0.15) is 13.2 Å². The van der Waals surface area contributed by atoms with E-state index in [-0.39, 0.29) is 11.0 Å². The van der Waals surface area contributed by atoms with Gasteiger partial charge in [0.15, 0.2) is 0 Å². The first-order valence-electron chi connectivity index (χ1n) is 10.3. The predicted octanol–water partition coefficient (Wildman–Crippen LogP) is 4.78. The summed E-state index contributed by atoms with van der Waals surface area (Å²) in [5.41, 5.74) is 1.68. The lowest BCUT2D eigenvalue weighted by molar-refractivity contribution is -0.141. The molecule has 1 aliphatic rings. The van der Waals surface area contributed by atoms with Crippen LogP contribution in [0.5, 0.6) is 0 Å². The van der Waals surface area contributed by atoms with E-state index in [1.807, 2.05) is 0 Å². The Morgan fingerprint density at radius 2 is 1.88 bits per heavy atom. The number of H-pyrrole nitrogens is 1. The number of anilines is 2. The minimum atomic E-state index is -4.61. The monoisotopic (exact) mass is 491 g/mol. The van der Waals surface area contributed by atoms with Crippen molar-refractivity contribution in [2.24, 2.45) is 0 Å². The maximum absolute atomic E-state index is 14.1. The molecule has 12 heteroatoms. The van der Waals surface area contributed by atoms with Crippen molar-refractivity contribution in [1.29, 1.82) is 0 Å². The molecule has 34 heavy (non-hydrogen) atoms. The van der Waals surface area contributed by atoms with Crippen LogP contribution in [0.2, 0.25) is 5.02 Å². The molecule has 0 aliphatic carbocycles. The van der Waals surface area contributed by atoms with Crippen molar-refractivity contribution in [2.45, 2.75) is 18.6 Å². The van der Waals surface area contributed by atoms with E-state index in [9.17, 15) is 17.6 Å². The minimum Gasteiger partial charge on any atom is -0.356 e. The zero-order chi connectivity index (χ0) is 24.2. The van der Waals surface area contributed by atoms with E-state index >= 15 is 0 Å². The normalized spacial score (nSPS) is 16.1. The maximum Gasteiger partial charge on any atom is 0.433 e. The predicted molar refractivity (Wildman–Crippen MR) is 120 cm³/mol. The smallest absolute Gasteiger partial charge is 0.356 e. The number of rotatable bonds is 3. The average molecular weight is 492 g/mol. The molecule has 7 nitrogen and oxygen atoms in total. The largest absolute Gasteiger partial charge is 0.433 e. The van der Waals surface area contributed by atoms with Crippen molar-refractivity contribution in [1.82, 2.24) is 24.9 Å². The topological polar surface area (TPSA) is 73.8 Å². The van der Waals surface area contributed by atoms with Crippen molar-refractivity contribution >= 4 is 34.4 Å². The van der Waals surface area contributed by atoms with E-state index in [2.05, 4.69) is 24.9 Å². The fraction of sp³-hybridized carbons (Fsp3) is 0.273. The molecule has 1 aromatic carbocycles. The Kier molecular flexibility index (Phi) is 5.31. The number of fused-ring (bicyclic) bond motifs is 3. The van der Waals surface area contributed by atoms with Crippen LogP contribution in [0.4, 0.5) is 29.5 Å². The second-order valence-electron chi connectivity index (χ2n) is 8.13. The molecular formula is C22H18ClF4N7. The van der Waals surface area contributed by atoms with Crippen molar-refractivity contribution in [3.8, 4) is 0 Å². The SMILES string of the molecule is CN(C)c1ncc(C2c3[nH]c4cc(F)c(Cl)cc4c3CCN2c2nccc(C(F)(F)F)n2)cn1. The van der Waals surface area contributed by atoms with Gasteiger partial charge in [-0.25, -0.2) is 24.3 Å². The van der Waals surface area contributed by atoms with Crippen LogP contribution in [-0.4, -0.2) is 45.6 Å². The molecule has 0 fully saturated rings. The van der Waals surface area contributed by atoms with Gasteiger partial charge >= 0.3 is 6.18 Å². The van der Waals surface area contributed by atoms with Gasteiger partial charge in [-0.05, 0) is 30.2 Å². The molecule has 0 spiro atoms. The van der Waals surface area contributed by atoms with Crippen LogP contribution < -0.4 is 9.80 Å². The summed E-state index contributed by atoms with van der Waals surface area (Å²) in [5.74, 6) is -0.168. The number of alkyl halides is 3. The minimum absolute atomic E-state index is 0.00633. The molecule has 0 radical (unpaired) electrons. The van der Waals surface area contributed by atoms with Crippen LogP contribution >= 0.6 is 11.6 Å². The molecule has 4 aromatic rings. The number of hydrogen-bond donors (Lipinski definition) is 1. The summed E-state index contributed by atoms with van der Waals surface area (Å²) >= 11 is 6.02. The van der Waals surface area contributed by atoms with E-state index in [1.54, 1.807) is 42.4 Å². The zero-order valence-electron chi connectivity index (χ0n) is 18.0. The molecule has 4 heterocycles. The third kappa shape index (κ3) is 3.79. The molecule has 0 bridgehead atoms. The third-order valence-electron chi connectivity index (χ3n) is 5.73. The number of hydrogen-bond acceptors (Lipinski definition) is 6. The quantitative estimate of drug-likeness (QED) is 0.416. The van der Waals surface area contributed by atoms with E-state index < -0.39 is 23.7 Å². The average Bonchev–Trinajstić information content (AvgIpc) is 3.15. The highest BCUT2D eigenvalue weighted by atomic mass is 35.5. The Bertz CT molecular complexity index is 1370. The molecule has 0 saturated carbocycles. The van der Waals surface area contributed by atoms with Crippen LogP contribution in [-0.2, 0) is 12.6 Å². The van der Waals surface area contributed by atoms with Gasteiger partial charge in [0.25, 0.3) is 0 Å². The summed E-state index contributed by atoms with van der Waals surface area (Å²) in [6, 6.07) is 3.07. The van der Waals surface area contributed by atoms with Gasteiger partial charge in [0.2, 0.25) is 11.9 Å². The second-order valence-corrected chi connectivity index (χ2v) is 8.53. The van der Waals surface area contributed by atoms with Gasteiger partial charge < -0.3 is 14.8 Å². The van der Waals surface area contributed by atoms with Crippen molar-refractivity contribution in [2.75, 3.05) is 30.4 Å². The van der Waals surface area contributed by atoms with Gasteiger partial charge in [-0.1, -0.05) is 11.6 Å². The summed E-state index contributed by atoms with van der Waals surface area (Å²) in [4.78, 5) is 23.3. The highest BCUT2D eigenvalue weighted by Crippen LogP contribution is 2.41. The van der Waals surface area contributed by atoms with Gasteiger partial charge in [-0.15, -0.1) is 0 Å². The number of aromatic amines is 1. The standard InChI is InChI=1S/C22H18ClF4N7/c1-33(2)20-29-9-11(10-30-20)19-18-12(13-7-14(23)15(24)8-16(13)31-18)4-6-34(19)21-28-5-3-17(32-21)22(25,26)27/h3,5,7-10,19,31H,4,6H2,1-2H3. The van der Waals surface area contributed by atoms with E-state index in [1.165, 1.54) is 6.07 Å². The zero-order valence-corrected chi connectivity index (χ0v) is 18.8. The molecule has 1 N–H and O–H groups in total. The van der Waals surface area contributed by atoms with E-state index in [0.29, 0.717) is 35.7 Å². The number of aromatic nitrogens is 5. The fourth-order valence-corrected chi connectivity index (χ4v) is 4.36. The molecule has 1 atom stereocenters. The number of nitrogens with one attached hydrogen (secondary N) is 1. The molecule has 0 saturated heterocycles. The first kappa shape index (κ1) is 22.3. The molecule has 3 aromatic heterocycles. The first-order chi connectivity index (χ1) is 16.1.